The molecule has 0 aliphatic heterocycles. The van der Waals surface area contributed by atoms with Gasteiger partial charge in [-0.1, -0.05) is 19.9 Å². The minimum absolute atomic E-state index is 0.177. The van der Waals surface area contributed by atoms with Gasteiger partial charge in [0.1, 0.15) is 5.75 Å². The van der Waals surface area contributed by atoms with Gasteiger partial charge in [-0.05, 0) is 48.9 Å². The highest BCUT2D eigenvalue weighted by Gasteiger charge is 2.31. The molecule has 0 fully saturated rings. The molecule has 0 bridgehead atoms. The summed E-state index contributed by atoms with van der Waals surface area (Å²) in [6, 6.07) is 8.70. The SMILES string of the molecule is Cc1ccc(NC(=O)C(C)C)cc1NC(=O)CCNS(=O)(=O)c1ccc(OC(F)(F)F)cc1. The zero-order valence-corrected chi connectivity index (χ0v) is 18.9. The number of aryl methyl sites for hydroxylation is 1. The first-order chi connectivity index (χ1) is 15.3. The molecule has 0 radical (unpaired) electrons. The third-order valence-electron chi connectivity index (χ3n) is 4.32. The zero-order valence-electron chi connectivity index (χ0n) is 18.1. The molecule has 0 aliphatic rings. The monoisotopic (exact) mass is 487 g/mol. The van der Waals surface area contributed by atoms with Gasteiger partial charge in [-0.15, -0.1) is 13.2 Å². The van der Waals surface area contributed by atoms with E-state index in [1.54, 1.807) is 39.0 Å². The van der Waals surface area contributed by atoms with Crippen LogP contribution >= 0.6 is 0 Å². The van der Waals surface area contributed by atoms with E-state index in [-0.39, 0.29) is 29.7 Å². The highest BCUT2D eigenvalue weighted by molar-refractivity contribution is 7.89. The van der Waals surface area contributed by atoms with Crippen LogP contribution in [0.5, 0.6) is 5.75 Å². The van der Waals surface area contributed by atoms with Crippen molar-refractivity contribution in [2.75, 3.05) is 17.2 Å². The maximum absolute atomic E-state index is 12.3. The van der Waals surface area contributed by atoms with Crippen molar-refractivity contribution in [2.45, 2.75) is 38.4 Å². The van der Waals surface area contributed by atoms with Crippen LogP contribution in [0.2, 0.25) is 0 Å². The van der Waals surface area contributed by atoms with Crippen molar-refractivity contribution in [3.63, 3.8) is 0 Å². The first-order valence-electron chi connectivity index (χ1n) is 9.83. The predicted octanol–water partition coefficient (Wildman–Crippen LogP) is 3.80. The minimum atomic E-state index is -4.89. The Kier molecular flexibility index (Phi) is 8.45. The second-order valence-electron chi connectivity index (χ2n) is 7.39. The van der Waals surface area contributed by atoms with Crippen LogP contribution in [0.4, 0.5) is 24.5 Å². The maximum atomic E-state index is 12.3. The summed E-state index contributed by atoms with van der Waals surface area (Å²) in [5, 5.41) is 5.39. The fourth-order valence-electron chi connectivity index (χ4n) is 2.54. The molecular formula is C21H24F3N3O5S. The van der Waals surface area contributed by atoms with Crippen LogP contribution in [0.15, 0.2) is 47.4 Å². The van der Waals surface area contributed by atoms with Gasteiger partial charge in [0.05, 0.1) is 4.90 Å². The van der Waals surface area contributed by atoms with Gasteiger partial charge in [-0.25, -0.2) is 13.1 Å². The number of carbonyl (C=O) groups excluding carboxylic acids is 2. The zero-order chi connectivity index (χ0) is 24.8. The summed E-state index contributed by atoms with van der Waals surface area (Å²) >= 11 is 0. The Morgan fingerprint density at radius 1 is 1.03 bits per heavy atom. The van der Waals surface area contributed by atoms with E-state index < -0.39 is 28.0 Å². The number of rotatable bonds is 9. The molecule has 0 spiro atoms. The van der Waals surface area contributed by atoms with Gasteiger partial charge in [-0.2, -0.15) is 0 Å². The Labute approximate surface area is 189 Å². The number of hydrogen-bond donors (Lipinski definition) is 3. The lowest BCUT2D eigenvalue weighted by Crippen LogP contribution is -2.28. The molecule has 0 unspecified atom stereocenters. The van der Waals surface area contributed by atoms with Gasteiger partial charge in [0, 0.05) is 30.3 Å². The number of benzene rings is 2. The summed E-state index contributed by atoms with van der Waals surface area (Å²) < 4.78 is 67.1. The molecule has 2 amide bonds. The molecule has 8 nitrogen and oxygen atoms in total. The summed E-state index contributed by atoms with van der Waals surface area (Å²) in [5.74, 6) is -1.42. The van der Waals surface area contributed by atoms with Crippen molar-refractivity contribution in [1.82, 2.24) is 4.72 Å². The Balaban J connectivity index is 1.92. The fourth-order valence-corrected chi connectivity index (χ4v) is 3.57. The normalized spacial score (nSPS) is 11.8. The van der Waals surface area contributed by atoms with Crippen LogP contribution in [0.3, 0.4) is 0 Å². The van der Waals surface area contributed by atoms with Crippen molar-refractivity contribution >= 4 is 33.2 Å². The van der Waals surface area contributed by atoms with E-state index in [1.165, 1.54) is 0 Å². The Bertz CT molecular complexity index is 1100. The third kappa shape index (κ3) is 8.39. The highest BCUT2D eigenvalue weighted by Crippen LogP contribution is 2.24. The fraction of sp³-hybridized carbons (Fsp3) is 0.333. The summed E-state index contributed by atoms with van der Waals surface area (Å²) in [5.41, 5.74) is 1.71. The van der Waals surface area contributed by atoms with E-state index >= 15 is 0 Å². The van der Waals surface area contributed by atoms with E-state index in [2.05, 4.69) is 20.1 Å². The number of amides is 2. The van der Waals surface area contributed by atoms with E-state index in [1.807, 2.05) is 0 Å². The van der Waals surface area contributed by atoms with Crippen LogP contribution in [0.25, 0.3) is 0 Å². The second-order valence-corrected chi connectivity index (χ2v) is 9.16. The smallest absolute Gasteiger partial charge is 0.406 e. The van der Waals surface area contributed by atoms with Gasteiger partial charge in [0.15, 0.2) is 0 Å². The highest BCUT2D eigenvalue weighted by atomic mass is 32.2. The number of carbonyl (C=O) groups is 2. The topological polar surface area (TPSA) is 114 Å². The minimum Gasteiger partial charge on any atom is -0.406 e. The van der Waals surface area contributed by atoms with Crippen LogP contribution in [0, 0.1) is 12.8 Å². The molecule has 0 aromatic heterocycles. The van der Waals surface area contributed by atoms with E-state index in [0.717, 1.165) is 29.8 Å². The molecule has 0 aliphatic carbocycles. The Morgan fingerprint density at radius 2 is 1.67 bits per heavy atom. The largest absolute Gasteiger partial charge is 0.573 e. The number of nitrogens with one attached hydrogen (secondary N) is 3. The molecule has 2 rings (SSSR count). The Hall–Kier alpha value is -3.12. The first kappa shape index (κ1) is 26.1. The number of ether oxygens (including phenoxy) is 1. The number of sulfonamides is 1. The van der Waals surface area contributed by atoms with Gasteiger partial charge in [0.2, 0.25) is 21.8 Å². The summed E-state index contributed by atoms with van der Waals surface area (Å²) in [6.45, 7) is 5.02. The number of anilines is 2. The van der Waals surface area contributed by atoms with Crippen LogP contribution < -0.4 is 20.1 Å². The lowest BCUT2D eigenvalue weighted by molar-refractivity contribution is -0.274. The molecule has 12 heteroatoms. The van der Waals surface area contributed by atoms with E-state index in [0.29, 0.717) is 11.4 Å². The lowest BCUT2D eigenvalue weighted by Gasteiger charge is -2.13. The second kappa shape index (κ2) is 10.7. The quantitative estimate of drug-likeness (QED) is 0.498. The van der Waals surface area contributed by atoms with Crippen molar-refractivity contribution in [2.24, 2.45) is 5.92 Å². The molecule has 3 N–H and O–H groups in total. The lowest BCUT2D eigenvalue weighted by atomic mass is 10.1. The van der Waals surface area contributed by atoms with Crippen molar-refractivity contribution in [3.8, 4) is 5.75 Å². The first-order valence-corrected chi connectivity index (χ1v) is 11.3. The predicted molar refractivity (Wildman–Crippen MR) is 116 cm³/mol. The van der Waals surface area contributed by atoms with Crippen LogP contribution in [-0.2, 0) is 19.6 Å². The van der Waals surface area contributed by atoms with E-state index in [4.69, 9.17) is 0 Å². The van der Waals surface area contributed by atoms with Crippen molar-refractivity contribution in [3.05, 3.63) is 48.0 Å². The van der Waals surface area contributed by atoms with Gasteiger partial charge in [-0.3, -0.25) is 9.59 Å². The maximum Gasteiger partial charge on any atom is 0.573 e. The third-order valence-corrected chi connectivity index (χ3v) is 5.79. The average molecular weight is 488 g/mol. The number of alkyl halides is 3. The number of hydrogen-bond acceptors (Lipinski definition) is 5. The number of halogens is 3. The molecule has 2 aromatic rings. The molecule has 180 valence electrons. The molecule has 0 saturated heterocycles. The molecular weight excluding hydrogens is 463 g/mol. The molecule has 33 heavy (non-hydrogen) atoms. The van der Waals surface area contributed by atoms with Crippen LogP contribution in [0.1, 0.15) is 25.8 Å². The molecule has 0 saturated carbocycles. The molecule has 0 heterocycles. The van der Waals surface area contributed by atoms with Gasteiger partial charge < -0.3 is 15.4 Å². The van der Waals surface area contributed by atoms with E-state index in [9.17, 15) is 31.2 Å². The van der Waals surface area contributed by atoms with Gasteiger partial charge in [0.25, 0.3) is 0 Å². The standard InChI is InChI=1S/C21H24F3N3O5S/c1-13(2)20(29)26-15-5-4-14(3)18(12-15)27-19(28)10-11-25-33(30,31)17-8-6-16(7-9-17)32-21(22,23)24/h4-9,12-13,25H,10-11H2,1-3H3,(H,26,29)(H,27,28). The van der Waals surface area contributed by atoms with Gasteiger partial charge >= 0.3 is 6.36 Å². The molecule has 2 aromatic carbocycles. The summed E-state index contributed by atoms with van der Waals surface area (Å²) in [7, 11) is -4.04. The van der Waals surface area contributed by atoms with Crippen LogP contribution in [-0.4, -0.2) is 33.1 Å². The van der Waals surface area contributed by atoms with Crippen molar-refractivity contribution in [1.29, 1.82) is 0 Å². The Morgan fingerprint density at radius 3 is 2.24 bits per heavy atom. The average Bonchev–Trinajstić information content (AvgIpc) is 2.69. The van der Waals surface area contributed by atoms with Crippen molar-refractivity contribution < 1.29 is 35.9 Å². The summed E-state index contributed by atoms with van der Waals surface area (Å²) in [6.07, 6.45) is -5.08. The molecule has 0 atom stereocenters. The summed E-state index contributed by atoms with van der Waals surface area (Å²) in [4.78, 5) is 23.8.